The summed E-state index contributed by atoms with van der Waals surface area (Å²) in [5.74, 6) is 0.194. The van der Waals surface area contributed by atoms with Gasteiger partial charge in [0, 0.05) is 38.1 Å². The van der Waals surface area contributed by atoms with Crippen molar-refractivity contribution >= 4 is 5.91 Å². The molecule has 1 atom stereocenters. The molecule has 1 saturated carbocycles. The lowest BCUT2D eigenvalue weighted by atomic mass is 10.0. The van der Waals surface area contributed by atoms with Gasteiger partial charge >= 0.3 is 0 Å². The summed E-state index contributed by atoms with van der Waals surface area (Å²) in [5, 5.41) is 6.39. The Morgan fingerprint density at radius 2 is 2.05 bits per heavy atom. The van der Waals surface area contributed by atoms with E-state index in [0.717, 1.165) is 32.1 Å². The Labute approximate surface area is 117 Å². The normalized spacial score (nSPS) is 24.4. The Kier molecular flexibility index (Phi) is 6.11. The number of carbonyl (C=O) groups is 1. The third-order valence-corrected chi connectivity index (χ3v) is 4.25. The first-order chi connectivity index (χ1) is 9.25. The molecular formula is C15H29N3O. The van der Waals surface area contributed by atoms with Crippen LogP contribution in [0, 0.1) is 0 Å². The van der Waals surface area contributed by atoms with Crippen LogP contribution < -0.4 is 10.6 Å². The van der Waals surface area contributed by atoms with E-state index >= 15 is 0 Å². The minimum atomic E-state index is 0.194. The van der Waals surface area contributed by atoms with E-state index in [1.807, 2.05) is 0 Å². The topological polar surface area (TPSA) is 44.4 Å². The lowest BCUT2D eigenvalue weighted by molar-refractivity contribution is -0.121. The fourth-order valence-corrected chi connectivity index (χ4v) is 2.77. The van der Waals surface area contributed by atoms with E-state index in [1.54, 1.807) is 0 Å². The zero-order valence-corrected chi connectivity index (χ0v) is 12.3. The number of amides is 1. The molecule has 2 rings (SSSR count). The highest BCUT2D eigenvalue weighted by Gasteiger charge is 2.20. The summed E-state index contributed by atoms with van der Waals surface area (Å²) in [4.78, 5) is 14.2. The molecule has 1 saturated heterocycles. The molecule has 0 bridgehead atoms. The van der Waals surface area contributed by atoms with Crippen LogP contribution in [0.1, 0.15) is 51.9 Å². The zero-order valence-electron chi connectivity index (χ0n) is 12.3. The largest absolute Gasteiger partial charge is 0.356 e. The molecule has 1 aliphatic carbocycles. The van der Waals surface area contributed by atoms with E-state index < -0.39 is 0 Å². The molecule has 4 nitrogen and oxygen atoms in total. The number of rotatable bonds is 8. The smallest absolute Gasteiger partial charge is 0.221 e. The molecule has 0 spiro atoms. The Morgan fingerprint density at radius 3 is 2.79 bits per heavy atom. The van der Waals surface area contributed by atoms with Crippen molar-refractivity contribution in [3.8, 4) is 0 Å². The van der Waals surface area contributed by atoms with E-state index in [9.17, 15) is 4.79 Å². The van der Waals surface area contributed by atoms with Crippen LogP contribution in [-0.2, 0) is 4.79 Å². The van der Waals surface area contributed by atoms with Gasteiger partial charge in [0.05, 0.1) is 0 Å². The van der Waals surface area contributed by atoms with E-state index in [4.69, 9.17) is 0 Å². The van der Waals surface area contributed by atoms with Gasteiger partial charge in [-0.05, 0) is 45.6 Å². The molecule has 0 radical (unpaired) electrons. The van der Waals surface area contributed by atoms with Gasteiger partial charge in [-0.25, -0.2) is 0 Å². The maximum atomic E-state index is 11.6. The Morgan fingerprint density at radius 1 is 1.21 bits per heavy atom. The molecule has 0 aromatic heterocycles. The van der Waals surface area contributed by atoms with Crippen LogP contribution in [0.2, 0.25) is 0 Å². The summed E-state index contributed by atoms with van der Waals surface area (Å²) in [6.07, 6.45) is 8.32. The fourth-order valence-electron chi connectivity index (χ4n) is 2.77. The van der Waals surface area contributed by atoms with E-state index in [2.05, 4.69) is 22.5 Å². The SMILES string of the molecule is CC1CCCCN1CCCNC(=O)CCNC1CC1. The number of likely N-dealkylation sites (tertiary alicyclic amines) is 1. The van der Waals surface area contributed by atoms with Gasteiger partial charge in [0.1, 0.15) is 0 Å². The summed E-state index contributed by atoms with van der Waals surface area (Å²) in [7, 11) is 0. The minimum Gasteiger partial charge on any atom is -0.356 e. The lowest BCUT2D eigenvalue weighted by Crippen LogP contribution is -2.39. The van der Waals surface area contributed by atoms with E-state index in [1.165, 1.54) is 38.6 Å². The second-order valence-corrected chi connectivity index (χ2v) is 6.06. The van der Waals surface area contributed by atoms with Crippen LogP contribution in [0.4, 0.5) is 0 Å². The quantitative estimate of drug-likeness (QED) is 0.655. The molecular weight excluding hydrogens is 238 g/mol. The number of hydrogen-bond acceptors (Lipinski definition) is 3. The highest BCUT2D eigenvalue weighted by molar-refractivity contribution is 5.75. The molecule has 0 aromatic rings. The second-order valence-electron chi connectivity index (χ2n) is 6.06. The van der Waals surface area contributed by atoms with Gasteiger partial charge in [-0.1, -0.05) is 6.42 Å². The maximum absolute atomic E-state index is 11.6. The number of carbonyl (C=O) groups excluding carboxylic acids is 1. The van der Waals surface area contributed by atoms with Gasteiger partial charge in [-0.15, -0.1) is 0 Å². The van der Waals surface area contributed by atoms with Gasteiger partial charge in [-0.3, -0.25) is 4.79 Å². The average Bonchev–Trinajstić information content (AvgIpc) is 3.21. The first-order valence-electron chi connectivity index (χ1n) is 8.00. The highest BCUT2D eigenvalue weighted by atomic mass is 16.1. The predicted octanol–water partition coefficient (Wildman–Crippen LogP) is 1.51. The summed E-state index contributed by atoms with van der Waals surface area (Å²) in [5.41, 5.74) is 0. The van der Waals surface area contributed by atoms with Gasteiger partial charge in [0.15, 0.2) is 0 Å². The minimum absolute atomic E-state index is 0.194. The fraction of sp³-hybridized carbons (Fsp3) is 0.933. The summed E-state index contributed by atoms with van der Waals surface area (Å²) >= 11 is 0. The van der Waals surface area contributed by atoms with Gasteiger partial charge in [0.2, 0.25) is 5.91 Å². The van der Waals surface area contributed by atoms with Gasteiger partial charge in [0.25, 0.3) is 0 Å². The average molecular weight is 267 g/mol. The molecule has 2 aliphatic rings. The van der Waals surface area contributed by atoms with Crippen molar-refractivity contribution in [1.29, 1.82) is 0 Å². The Balaban J connectivity index is 1.44. The standard InChI is InChI=1S/C15H29N3O/c1-13-5-2-3-11-18(13)12-4-9-17-15(19)8-10-16-14-6-7-14/h13-14,16H,2-12H2,1H3,(H,17,19). The number of piperidine rings is 1. The highest BCUT2D eigenvalue weighted by Crippen LogP contribution is 2.18. The monoisotopic (exact) mass is 267 g/mol. The van der Waals surface area contributed by atoms with Crippen molar-refractivity contribution in [2.24, 2.45) is 0 Å². The molecule has 1 aliphatic heterocycles. The molecule has 2 fully saturated rings. The van der Waals surface area contributed by atoms with Crippen molar-refractivity contribution in [3.05, 3.63) is 0 Å². The summed E-state index contributed by atoms with van der Waals surface area (Å²) in [6.45, 7) is 6.34. The van der Waals surface area contributed by atoms with Crippen LogP contribution in [0.25, 0.3) is 0 Å². The molecule has 4 heteroatoms. The van der Waals surface area contributed by atoms with Crippen molar-refractivity contribution in [3.63, 3.8) is 0 Å². The van der Waals surface area contributed by atoms with Gasteiger partial charge in [-0.2, -0.15) is 0 Å². The second kappa shape index (κ2) is 7.85. The van der Waals surface area contributed by atoms with Gasteiger partial charge < -0.3 is 15.5 Å². The first-order valence-corrected chi connectivity index (χ1v) is 8.00. The van der Waals surface area contributed by atoms with Crippen molar-refractivity contribution in [1.82, 2.24) is 15.5 Å². The molecule has 1 heterocycles. The van der Waals surface area contributed by atoms with Crippen LogP contribution in [0.3, 0.4) is 0 Å². The zero-order chi connectivity index (χ0) is 13.5. The first kappa shape index (κ1) is 14.8. The van der Waals surface area contributed by atoms with Crippen molar-refractivity contribution in [2.45, 2.75) is 64.0 Å². The van der Waals surface area contributed by atoms with Crippen LogP contribution in [0.15, 0.2) is 0 Å². The maximum Gasteiger partial charge on any atom is 0.221 e. The van der Waals surface area contributed by atoms with Crippen LogP contribution in [-0.4, -0.2) is 49.1 Å². The van der Waals surface area contributed by atoms with Crippen molar-refractivity contribution in [2.75, 3.05) is 26.2 Å². The molecule has 110 valence electrons. The molecule has 1 unspecified atom stereocenters. The molecule has 1 amide bonds. The third kappa shape index (κ3) is 5.91. The predicted molar refractivity (Wildman–Crippen MR) is 78.2 cm³/mol. The Bertz CT molecular complexity index is 279. The third-order valence-electron chi connectivity index (χ3n) is 4.25. The van der Waals surface area contributed by atoms with E-state index in [-0.39, 0.29) is 5.91 Å². The number of hydrogen-bond donors (Lipinski definition) is 2. The lowest BCUT2D eigenvalue weighted by Gasteiger charge is -2.33. The molecule has 0 aromatic carbocycles. The van der Waals surface area contributed by atoms with Crippen molar-refractivity contribution < 1.29 is 4.79 Å². The van der Waals surface area contributed by atoms with Crippen LogP contribution >= 0.6 is 0 Å². The number of nitrogens with zero attached hydrogens (tertiary/aromatic N) is 1. The molecule has 2 N–H and O–H groups in total. The Hall–Kier alpha value is -0.610. The summed E-state index contributed by atoms with van der Waals surface area (Å²) in [6, 6.07) is 1.43. The summed E-state index contributed by atoms with van der Waals surface area (Å²) < 4.78 is 0. The number of nitrogens with one attached hydrogen (secondary N) is 2. The van der Waals surface area contributed by atoms with Crippen LogP contribution in [0.5, 0.6) is 0 Å². The molecule has 19 heavy (non-hydrogen) atoms. The van der Waals surface area contributed by atoms with E-state index in [0.29, 0.717) is 12.5 Å².